The first-order valence-electron chi connectivity index (χ1n) is 11.2. The Kier molecular flexibility index (Phi) is 7.42. The number of hydrogen-bond acceptors (Lipinski definition) is 7. The number of aromatic nitrogens is 1. The van der Waals surface area contributed by atoms with E-state index < -0.39 is 21.9 Å². The van der Waals surface area contributed by atoms with Crippen molar-refractivity contribution in [2.45, 2.75) is 17.7 Å². The quantitative estimate of drug-likeness (QED) is 0.566. The van der Waals surface area contributed by atoms with Crippen molar-refractivity contribution in [1.29, 1.82) is 0 Å². The Labute approximate surface area is 198 Å². The van der Waals surface area contributed by atoms with Crippen LogP contribution < -0.4 is 4.90 Å². The standard InChI is InChI=1S/C23H27FN4O5S/c24-20-5-1-2-6-21(20)26-12-14-27(15-13-26)22(29)17-33-23(30)18-7-10-28(11-8-18)34(31,32)19-4-3-9-25-16-19/h1-6,9,16,18H,7-8,10-15,17H2. The molecule has 0 atom stereocenters. The molecule has 0 N–H and O–H groups in total. The van der Waals surface area contributed by atoms with E-state index in [1.54, 1.807) is 29.2 Å². The Morgan fingerprint density at radius 1 is 1.00 bits per heavy atom. The van der Waals surface area contributed by atoms with Crippen LogP contribution in [0, 0.1) is 11.7 Å². The molecule has 182 valence electrons. The monoisotopic (exact) mass is 490 g/mol. The summed E-state index contributed by atoms with van der Waals surface area (Å²) in [5.41, 5.74) is 0.512. The van der Waals surface area contributed by atoms with Crippen LogP contribution in [0.5, 0.6) is 0 Å². The molecule has 0 saturated carbocycles. The van der Waals surface area contributed by atoms with Gasteiger partial charge in [0.1, 0.15) is 10.7 Å². The number of sulfonamides is 1. The molecule has 0 unspecified atom stereocenters. The number of carbonyl (C=O) groups is 2. The lowest BCUT2D eigenvalue weighted by atomic mass is 9.98. The lowest BCUT2D eigenvalue weighted by Crippen LogP contribution is -2.50. The predicted molar refractivity (Wildman–Crippen MR) is 122 cm³/mol. The number of anilines is 1. The second kappa shape index (κ2) is 10.5. The highest BCUT2D eigenvalue weighted by Gasteiger charge is 2.33. The van der Waals surface area contributed by atoms with Crippen LogP contribution in [0.15, 0.2) is 53.7 Å². The van der Waals surface area contributed by atoms with Crippen LogP contribution in [0.3, 0.4) is 0 Å². The van der Waals surface area contributed by atoms with Gasteiger partial charge < -0.3 is 14.5 Å². The number of nitrogens with zero attached hydrogens (tertiary/aromatic N) is 4. The Morgan fingerprint density at radius 3 is 2.35 bits per heavy atom. The van der Waals surface area contributed by atoms with Gasteiger partial charge >= 0.3 is 5.97 Å². The number of halogens is 1. The number of esters is 1. The van der Waals surface area contributed by atoms with Gasteiger partial charge in [0, 0.05) is 51.7 Å². The van der Waals surface area contributed by atoms with E-state index in [-0.39, 0.29) is 36.3 Å². The normalized spacial score (nSPS) is 18.0. The minimum atomic E-state index is -3.65. The minimum absolute atomic E-state index is 0.122. The fraction of sp³-hybridized carbons (Fsp3) is 0.435. The molecular formula is C23H27FN4O5S. The molecule has 1 aromatic carbocycles. The summed E-state index contributed by atoms with van der Waals surface area (Å²) in [5, 5.41) is 0. The van der Waals surface area contributed by atoms with E-state index in [0.29, 0.717) is 44.7 Å². The summed E-state index contributed by atoms with van der Waals surface area (Å²) in [4.78, 5) is 32.4. The van der Waals surface area contributed by atoms with Crippen LogP contribution in [0.2, 0.25) is 0 Å². The maximum Gasteiger partial charge on any atom is 0.309 e. The minimum Gasteiger partial charge on any atom is -0.455 e. The molecule has 2 aromatic rings. The number of ether oxygens (including phenoxy) is 1. The van der Waals surface area contributed by atoms with Gasteiger partial charge in [-0.2, -0.15) is 4.31 Å². The molecule has 0 aliphatic carbocycles. The SMILES string of the molecule is O=C(OCC(=O)N1CCN(c2ccccc2F)CC1)C1CCN(S(=O)(=O)c2cccnc2)CC1. The van der Waals surface area contributed by atoms with Gasteiger partial charge in [-0.05, 0) is 37.1 Å². The van der Waals surface area contributed by atoms with E-state index in [2.05, 4.69) is 4.98 Å². The number of piperazine rings is 1. The summed E-state index contributed by atoms with van der Waals surface area (Å²) < 4.78 is 45.9. The zero-order chi connectivity index (χ0) is 24.1. The fourth-order valence-electron chi connectivity index (χ4n) is 4.23. The summed E-state index contributed by atoms with van der Waals surface area (Å²) in [6.07, 6.45) is 3.46. The summed E-state index contributed by atoms with van der Waals surface area (Å²) in [7, 11) is -3.65. The molecule has 0 bridgehead atoms. The largest absolute Gasteiger partial charge is 0.455 e. The second-order valence-electron chi connectivity index (χ2n) is 8.29. The molecule has 2 aliphatic rings. The van der Waals surface area contributed by atoms with Gasteiger partial charge in [0.2, 0.25) is 10.0 Å². The number of hydrogen-bond donors (Lipinski definition) is 0. The molecule has 1 aromatic heterocycles. The lowest BCUT2D eigenvalue weighted by Gasteiger charge is -2.36. The summed E-state index contributed by atoms with van der Waals surface area (Å²) in [6.45, 7) is 1.85. The lowest BCUT2D eigenvalue weighted by molar-refractivity contribution is -0.156. The van der Waals surface area contributed by atoms with Crippen LogP contribution in [0.4, 0.5) is 10.1 Å². The molecular weight excluding hydrogens is 463 g/mol. The fourth-order valence-corrected chi connectivity index (χ4v) is 5.66. The van der Waals surface area contributed by atoms with E-state index in [9.17, 15) is 22.4 Å². The molecule has 9 nitrogen and oxygen atoms in total. The van der Waals surface area contributed by atoms with Gasteiger partial charge in [-0.25, -0.2) is 12.8 Å². The number of piperidine rings is 1. The molecule has 2 aliphatic heterocycles. The average molecular weight is 491 g/mol. The van der Waals surface area contributed by atoms with Gasteiger partial charge in [0.05, 0.1) is 11.6 Å². The van der Waals surface area contributed by atoms with E-state index in [1.165, 1.54) is 28.8 Å². The van der Waals surface area contributed by atoms with Crippen LogP contribution in [0.25, 0.3) is 0 Å². The molecule has 0 radical (unpaired) electrons. The Morgan fingerprint density at radius 2 is 1.71 bits per heavy atom. The van der Waals surface area contributed by atoms with Crippen molar-refractivity contribution in [3.05, 3.63) is 54.6 Å². The van der Waals surface area contributed by atoms with Crippen molar-refractivity contribution in [2.75, 3.05) is 50.8 Å². The average Bonchev–Trinajstić information content (AvgIpc) is 2.88. The van der Waals surface area contributed by atoms with E-state index in [1.807, 2.05) is 4.90 Å². The summed E-state index contributed by atoms with van der Waals surface area (Å²) >= 11 is 0. The number of pyridine rings is 1. The van der Waals surface area contributed by atoms with Crippen molar-refractivity contribution >= 4 is 27.6 Å². The van der Waals surface area contributed by atoms with Gasteiger partial charge in [0.15, 0.2) is 6.61 Å². The van der Waals surface area contributed by atoms with Crippen molar-refractivity contribution in [1.82, 2.24) is 14.2 Å². The number of benzene rings is 1. The first-order chi connectivity index (χ1) is 16.4. The number of rotatable bonds is 6. The van der Waals surface area contributed by atoms with Gasteiger partial charge in [-0.15, -0.1) is 0 Å². The van der Waals surface area contributed by atoms with Crippen LogP contribution in [-0.2, 0) is 24.3 Å². The molecule has 0 spiro atoms. The zero-order valence-electron chi connectivity index (χ0n) is 18.7. The number of amides is 1. The van der Waals surface area contributed by atoms with Gasteiger partial charge in [-0.3, -0.25) is 14.6 Å². The maximum atomic E-state index is 14.0. The third-order valence-electron chi connectivity index (χ3n) is 6.22. The highest BCUT2D eigenvalue weighted by Crippen LogP contribution is 2.24. The first kappa shape index (κ1) is 24.1. The smallest absolute Gasteiger partial charge is 0.309 e. The van der Waals surface area contributed by atoms with Crippen LogP contribution in [-0.4, -0.2) is 80.4 Å². The van der Waals surface area contributed by atoms with Gasteiger partial charge in [-0.1, -0.05) is 12.1 Å². The third-order valence-corrected chi connectivity index (χ3v) is 8.11. The highest BCUT2D eigenvalue weighted by molar-refractivity contribution is 7.89. The molecule has 2 fully saturated rings. The van der Waals surface area contributed by atoms with Crippen molar-refractivity contribution < 1.29 is 27.1 Å². The first-order valence-corrected chi connectivity index (χ1v) is 12.6. The molecule has 2 saturated heterocycles. The third kappa shape index (κ3) is 5.36. The summed E-state index contributed by atoms with van der Waals surface area (Å²) in [6, 6.07) is 9.58. The Hall–Kier alpha value is -3.05. The van der Waals surface area contributed by atoms with Crippen molar-refractivity contribution in [3.63, 3.8) is 0 Å². The molecule has 1 amide bonds. The topological polar surface area (TPSA) is 100 Å². The number of carbonyl (C=O) groups excluding carboxylic acids is 2. The van der Waals surface area contributed by atoms with E-state index >= 15 is 0 Å². The van der Waals surface area contributed by atoms with E-state index in [0.717, 1.165) is 0 Å². The molecule has 4 rings (SSSR count). The second-order valence-corrected chi connectivity index (χ2v) is 10.2. The maximum absolute atomic E-state index is 14.0. The molecule has 3 heterocycles. The Bertz CT molecular complexity index is 1120. The van der Waals surface area contributed by atoms with Gasteiger partial charge in [0.25, 0.3) is 5.91 Å². The molecule has 11 heteroatoms. The predicted octanol–water partition coefficient (Wildman–Crippen LogP) is 1.51. The zero-order valence-corrected chi connectivity index (χ0v) is 19.5. The van der Waals surface area contributed by atoms with Crippen molar-refractivity contribution in [3.8, 4) is 0 Å². The van der Waals surface area contributed by atoms with Crippen LogP contribution >= 0.6 is 0 Å². The van der Waals surface area contributed by atoms with E-state index in [4.69, 9.17) is 4.74 Å². The Balaban J connectivity index is 1.21. The van der Waals surface area contributed by atoms with Crippen molar-refractivity contribution in [2.24, 2.45) is 5.92 Å². The number of para-hydroxylation sites is 1. The van der Waals surface area contributed by atoms with Crippen LogP contribution in [0.1, 0.15) is 12.8 Å². The highest BCUT2D eigenvalue weighted by atomic mass is 32.2. The molecule has 34 heavy (non-hydrogen) atoms. The summed E-state index contributed by atoms with van der Waals surface area (Å²) in [5.74, 6) is -1.53.